The van der Waals surface area contributed by atoms with E-state index in [2.05, 4.69) is 5.32 Å². The first-order valence-electron chi connectivity index (χ1n) is 6.28. The van der Waals surface area contributed by atoms with Crippen molar-refractivity contribution in [2.75, 3.05) is 6.54 Å². The van der Waals surface area contributed by atoms with E-state index in [4.69, 9.17) is 0 Å². The van der Waals surface area contributed by atoms with Gasteiger partial charge in [0.15, 0.2) is 0 Å². The van der Waals surface area contributed by atoms with Gasteiger partial charge in [0.2, 0.25) is 0 Å². The predicted octanol–water partition coefficient (Wildman–Crippen LogP) is 3.62. The van der Waals surface area contributed by atoms with Crippen molar-refractivity contribution in [3.63, 3.8) is 0 Å². The third-order valence-corrected chi connectivity index (χ3v) is 3.50. The fourth-order valence-corrected chi connectivity index (χ4v) is 2.41. The Labute approximate surface area is 101 Å². The molecule has 3 heteroatoms. The van der Waals surface area contributed by atoms with Gasteiger partial charge in [-0.2, -0.15) is 0 Å². The molecule has 0 radical (unpaired) electrons. The molecule has 1 aromatic carbocycles. The highest BCUT2D eigenvalue weighted by atomic mass is 19.3. The average Bonchev–Trinajstić information content (AvgIpc) is 2.33. The number of halogens is 2. The maximum Gasteiger partial charge on any atom is 0.263 e. The van der Waals surface area contributed by atoms with Gasteiger partial charge in [-0.05, 0) is 49.9 Å². The quantitative estimate of drug-likeness (QED) is 0.849. The van der Waals surface area contributed by atoms with E-state index < -0.39 is 6.43 Å². The molecule has 1 nitrogen and oxygen atoms in total. The third-order valence-electron chi connectivity index (χ3n) is 3.50. The Hall–Kier alpha value is -0.960. The lowest BCUT2D eigenvalue weighted by atomic mass is 9.94. The van der Waals surface area contributed by atoms with E-state index >= 15 is 0 Å². The molecule has 1 aliphatic rings. The topological polar surface area (TPSA) is 12.0 Å². The molecule has 1 atom stereocenters. The van der Waals surface area contributed by atoms with Crippen LogP contribution < -0.4 is 5.32 Å². The Morgan fingerprint density at radius 3 is 2.82 bits per heavy atom. The summed E-state index contributed by atoms with van der Waals surface area (Å²) in [4.78, 5) is 0. The average molecular weight is 239 g/mol. The Kier molecular flexibility index (Phi) is 4.11. The van der Waals surface area contributed by atoms with Crippen molar-refractivity contribution in [1.29, 1.82) is 0 Å². The van der Waals surface area contributed by atoms with Crippen LogP contribution in [0.3, 0.4) is 0 Å². The summed E-state index contributed by atoms with van der Waals surface area (Å²) in [5, 5.41) is 3.46. The maximum atomic E-state index is 12.6. The molecular formula is C14H19F2N. The van der Waals surface area contributed by atoms with Crippen LogP contribution in [0.2, 0.25) is 0 Å². The minimum atomic E-state index is -2.37. The number of hydrogen-bond donors (Lipinski definition) is 1. The van der Waals surface area contributed by atoms with Gasteiger partial charge >= 0.3 is 0 Å². The maximum absolute atomic E-state index is 12.6. The molecule has 2 rings (SSSR count). The van der Waals surface area contributed by atoms with E-state index in [1.54, 1.807) is 12.1 Å². The van der Waals surface area contributed by atoms with E-state index in [9.17, 15) is 8.78 Å². The summed E-state index contributed by atoms with van der Waals surface area (Å²) in [6, 6.07) is 5.45. The first kappa shape index (κ1) is 12.5. The van der Waals surface area contributed by atoms with Crippen molar-refractivity contribution < 1.29 is 8.78 Å². The number of piperidine rings is 1. The van der Waals surface area contributed by atoms with Crippen LogP contribution in [0.15, 0.2) is 18.2 Å². The molecule has 0 amide bonds. The molecule has 0 saturated carbocycles. The number of benzene rings is 1. The molecule has 1 aromatic rings. The van der Waals surface area contributed by atoms with Crippen molar-refractivity contribution in [1.82, 2.24) is 5.32 Å². The SMILES string of the molecule is Cc1ccc(C(F)F)cc1CC1CCCCN1. The molecule has 0 spiro atoms. The molecule has 0 aliphatic carbocycles. The summed E-state index contributed by atoms with van der Waals surface area (Å²) < 4.78 is 25.3. The van der Waals surface area contributed by atoms with Crippen LogP contribution in [0, 0.1) is 6.92 Å². The molecular weight excluding hydrogens is 220 g/mol. The molecule has 1 N–H and O–H groups in total. The summed E-state index contributed by atoms with van der Waals surface area (Å²) >= 11 is 0. The lowest BCUT2D eigenvalue weighted by Crippen LogP contribution is -2.35. The summed E-state index contributed by atoms with van der Waals surface area (Å²) in [5.74, 6) is 0. The smallest absolute Gasteiger partial charge is 0.263 e. The number of hydrogen-bond acceptors (Lipinski definition) is 1. The van der Waals surface area contributed by atoms with Gasteiger partial charge in [0.1, 0.15) is 0 Å². The molecule has 94 valence electrons. The highest BCUT2D eigenvalue weighted by molar-refractivity contribution is 5.32. The third kappa shape index (κ3) is 3.25. The van der Waals surface area contributed by atoms with Crippen LogP contribution in [0.5, 0.6) is 0 Å². The standard InChI is InChI=1S/C14H19F2N/c1-10-5-6-11(14(15)16)8-12(10)9-13-4-2-3-7-17-13/h5-6,8,13-14,17H,2-4,7,9H2,1H3. The van der Waals surface area contributed by atoms with E-state index in [1.807, 2.05) is 6.92 Å². The van der Waals surface area contributed by atoms with Gasteiger partial charge < -0.3 is 5.32 Å². The zero-order chi connectivity index (χ0) is 12.3. The van der Waals surface area contributed by atoms with Gasteiger partial charge in [-0.1, -0.05) is 18.6 Å². The molecule has 0 bridgehead atoms. The number of alkyl halides is 2. The van der Waals surface area contributed by atoms with Crippen molar-refractivity contribution in [2.45, 2.75) is 45.1 Å². The Morgan fingerprint density at radius 2 is 2.18 bits per heavy atom. The monoisotopic (exact) mass is 239 g/mol. The predicted molar refractivity (Wildman–Crippen MR) is 65.5 cm³/mol. The largest absolute Gasteiger partial charge is 0.314 e. The Morgan fingerprint density at radius 1 is 1.35 bits per heavy atom. The Balaban J connectivity index is 2.10. The molecule has 1 saturated heterocycles. The normalized spacial score (nSPS) is 20.8. The van der Waals surface area contributed by atoms with Crippen LogP contribution in [0.25, 0.3) is 0 Å². The van der Waals surface area contributed by atoms with Gasteiger partial charge in [-0.15, -0.1) is 0 Å². The van der Waals surface area contributed by atoms with Crippen LogP contribution in [0.4, 0.5) is 8.78 Å². The van der Waals surface area contributed by atoms with Gasteiger partial charge in [0.05, 0.1) is 0 Å². The first-order valence-corrected chi connectivity index (χ1v) is 6.28. The van der Waals surface area contributed by atoms with Crippen molar-refractivity contribution in [3.05, 3.63) is 34.9 Å². The number of nitrogens with one attached hydrogen (secondary N) is 1. The fourth-order valence-electron chi connectivity index (χ4n) is 2.41. The van der Waals surface area contributed by atoms with Crippen LogP contribution in [-0.4, -0.2) is 12.6 Å². The number of aryl methyl sites for hydroxylation is 1. The van der Waals surface area contributed by atoms with Crippen molar-refractivity contribution in [3.8, 4) is 0 Å². The van der Waals surface area contributed by atoms with Crippen LogP contribution in [-0.2, 0) is 6.42 Å². The van der Waals surface area contributed by atoms with Crippen LogP contribution in [0.1, 0.15) is 42.4 Å². The second-order valence-corrected chi connectivity index (χ2v) is 4.84. The minimum Gasteiger partial charge on any atom is -0.314 e. The first-order chi connectivity index (χ1) is 8.16. The highest BCUT2D eigenvalue weighted by Crippen LogP contribution is 2.23. The van der Waals surface area contributed by atoms with Crippen LogP contribution >= 0.6 is 0 Å². The van der Waals surface area contributed by atoms with Crippen molar-refractivity contribution in [2.24, 2.45) is 0 Å². The van der Waals surface area contributed by atoms with Gasteiger partial charge in [-0.3, -0.25) is 0 Å². The molecule has 1 heterocycles. The molecule has 1 aliphatic heterocycles. The van der Waals surface area contributed by atoms with E-state index in [1.165, 1.54) is 18.9 Å². The van der Waals surface area contributed by atoms with Crippen molar-refractivity contribution >= 4 is 0 Å². The highest BCUT2D eigenvalue weighted by Gasteiger charge is 2.15. The van der Waals surface area contributed by atoms with Gasteiger partial charge in [0, 0.05) is 11.6 Å². The second-order valence-electron chi connectivity index (χ2n) is 4.84. The summed E-state index contributed by atoms with van der Waals surface area (Å²) in [7, 11) is 0. The number of rotatable bonds is 3. The second kappa shape index (κ2) is 5.58. The zero-order valence-electron chi connectivity index (χ0n) is 10.2. The summed E-state index contributed by atoms with van der Waals surface area (Å²) in [6.45, 7) is 3.05. The molecule has 17 heavy (non-hydrogen) atoms. The van der Waals surface area contributed by atoms with Gasteiger partial charge in [0.25, 0.3) is 6.43 Å². The molecule has 1 fully saturated rings. The van der Waals surface area contributed by atoms with Gasteiger partial charge in [-0.25, -0.2) is 8.78 Å². The van der Waals surface area contributed by atoms with E-state index in [0.29, 0.717) is 6.04 Å². The summed E-state index contributed by atoms with van der Waals surface area (Å²) in [5.41, 5.74) is 2.31. The lowest BCUT2D eigenvalue weighted by Gasteiger charge is -2.24. The van der Waals surface area contributed by atoms with E-state index in [0.717, 1.165) is 30.5 Å². The fraction of sp³-hybridized carbons (Fsp3) is 0.571. The molecule has 0 aromatic heterocycles. The molecule has 1 unspecified atom stereocenters. The summed E-state index contributed by atoms with van der Waals surface area (Å²) in [6.07, 6.45) is 2.12. The lowest BCUT2D eigenvalue weighted by molar-refractivity contribution is 0.151. The minimum absolute atomic E-state index is 0.140. The zero-order valence-corrected chi connectivity index (χ0v) is 10.2. The van der Waals surface area contributed by atoms with E-state index in [-0.39, 0.29) is 5.56 Å². The Bertz CT molecular complexity index is 370.